The van der Waals surface area contributed by atoms with Gasteiger partial charge < -0.3 is 0 Å². The van der Waals surface area contributed by atoms with Gasteiger partial charge in [0.1, 0.15) is 0 Å². The molecular formula is C14H24N2S. The third-order valence-electron chi connectivity index (χ3n) is 4.26. The molecule has 1 aromatic rings. The first-order chi connectivity index (χ1) is 8.22. The second-order valence-electron chi connectivity index (χ2n) is 5.58. The molecule has 0 saturated heterocycles. The van der Waals surface area contributed by atoms with Crippen molar-refractivity contribution in [2.24, 2.45) is 23.6 Å². The third kappa shape index (κ3) is 3.09. The Bertz CT molecular complexity index is 313. The monoisotopic (exact) mass is 252 g/mol. The standard InChI is InChI=1S/C14H24N2S/c1-10(2)11-5-7-12(8-6-11)14(16-15)13-4-3-9-17-13/h3-4,9-12,14,16H,5-8,15H2,1-2H3. The Kier molecular flexibility index (Phi) is 4.60. The summed E-state index contributed by atoms with van der Waals surface area (Å²) in [6.45, 7) is 4.70. The SMILES string of the molecule is CC(C)C1CCC(C(NN)c2cccs2)CC1. The van der Waals surface area contributed by atoms with Crippen LogP contribution in [0, 0.1) is 17.8 Å². The zero-order chi connectivity index (χ0) is 12.3. The van der Waals surface area contributed by atoms with Crippen LogP contribution in [0.2, 0.25) is 0 Å². The van der Waals surface area contributed by atoms with Crippen molar-refractivity contribution in [3.8, 4) is 0 Å². The van der Waals surface area contributed by atoms with Gasteiger partial charge in [-0.1, -0.05) is 19.9 Å². The maximum atomic E-state index is 5.75. The minimum atomic E-state index is 0.364. The number of hydrogen-bond donors (Lipinski definition) is 2. The second kappa shape index (κ2) is 5.98. The predicted octanol–water partition coefficient (Wildman–Crippen LogP) is 3.71. The zero-order valence-corrected chi connectivity index (χ0v) is 11.7. The number of nitrogens with two attached hydrogens (primary N) is 1. The summed E-state index contributed by atoms with van der Waals surface area (Å²) in [6.07, 6.45) is 5.36. The van der Waals surface area contributed by atoms with Crippen LogP contribution in [0.3, 0.4) is 0 Å². The van der Waals surface area contributed by atoms with Crippen molar-refractivity contribution < 1.29 is 0 Å². The van der Waals surface area contributed by atoms with Crippen LogP contribution in [-0.4, -0.2) is 0 Å². The first kappa shape index (κ1) is 13.1. The minimum Gasteiger partial charge on any atom is -0.271 e. The molecule has 0 spiro atoms. The van der Waals surface area contributed by atoms with Gasteiger partial charge in [-0.2, -0.15) is 0 Å². The Morgan fingerprint density at radius 3 is 2.35 bits per heavy atom. The molecule has 0 bridgehead atoms. The Morgan fingerprint density at radius 2 is 1.88 bits per heavy atom. The number of thiophene rings is 1. The molecule has 3 heteroatoms. The maximum Gasteiger partial charge on any atom is 0.0581 e. The van der Waals surface area contributed by atoms with Gasteiger partial charge in [0.15, 0.2) is 0 Å². The summed E-state index contributed by atoms with van der Waals surface area (Å²) in [4.78, 5) is 1.39. The van der Waals surface area contributed by atoms with E-state index in [9.17, 15) is 0 Å². The first-order valence-corrected chi connectivity index (χ1v) is 7.60. The van der Waals surface area contributed by atoms with Crippen LogP contribution < -0.4 is 11.3 Å². The van der Waals surface area contributed by atoms with E-state index < -0.39 is 0 Å². The van der Waals surface area contributed by atoms with Gasteiger partial charge in [-0.25, -0.2) is 0 Å². The van der Waals surface area contributed by atoms with Gasteiger partial charge in [-0.3, -0.25) is 11.3 Å². The van der Waals surface area contributed by atoms with Crippen LogP contribution in [0.5, 0.6) is 0 Å². The number of nitrogens with one attached hydrogen (secondary N) is 1. The summed E-state index contributed by atoms with van der Waals surface area (Å²) >= 11 is 1.81. The van der Waals surface area contributed by atoms with Crippen LogP contribution in [0.25, 0.3) is 0 Å². The molecule has 1 saturated carbocycles. The molecule has 1 aliphatic rings. The maximum absolute atomic E-state index is 5.75. The molecule has 3 N–H and O–H groups in total. The summed E-state index contributed by atoms with van der Waals surface area (Å²) in [5.41, 5.74) is 3.03. The van der Waals surface area contributed by atoms with E-state index in [0.29, 0.717) is 12.0 Å². The van der Waals surface area contributed by atoms with Crippen molar-refractivity contribution in [3.05, 3.63) is 22.4 Å². The van der Waals surface area contributed by atoms with Gasteiger partial charge in [0.2, 0.25) is 0 Å². The lowest BCUT2D eigenvalue weighted by Gasteiger charge is -2.34. The molecule has 1 atom stereocenters. The predicted molar refractivity (Wildman–Crippen MR) is 74.7 cm³/mol. The number of hydrazine groups is 1. The van der Waals surface area contributed by atoms with Crippen molar-refractivity contribution in [3.63, 3.8) is 0 Å². The summed E-state index contributed by atoms with van der Waals surface area (Å²) in [5, 5.41) is 2.14. The lowest BCUT2D eigenvalue weighted by Crippen LogP contribution is -2.35. The van der Waals surface area contributed by atoms with Gasteiger partial charge in [0, 0.05) is 4.88 Å². The van der Waals surface area contributed by atoms with E-state index >= 15 is 0 Å². The summed E-state index contributed by atoms with van der Waals surface area (Å²) in [7, 11) is 0. The summed E-state index contributed by atoms with van der Waals surface area (Å²) in [5.74, 6) is 8.22. The van der Waals surface area contributed by atoms with Crippen molar-refractivity contribution in [2.45, 2.75) is 45.6 Å². The van der Waals surface area contributed by atoms with E-state index in [1.54, 1.807) is 0 Å². The van der Waals surface area contributed by atoms with E-state index in [1.807, 2.05) is 11.3 Å². The topological polar surface area (TPSA) is 38.0 Å². The average Bonchev–Trinajstić information content (AvgIpc) is 2.84. The van der Waals surface area contributed by atoms with Gasteiger partial charge in [-0.05, 0) is 54.9 Å². The van der Waals surface area contributed by atoms with Crippen molar-refractivity contribution >= 4 is 11.3 Å². The van der Waals surface area contributed by atoms with Gasteiger partial charge in [0.05, 0.1) is 6.04 Å². The van der Waals surface area contributed by atoms with Gasteiger partial charge >= 0.3 is 0 Å². The molecule has 1 unspecified atom stereocenters. The van der Waals surface area contributed by atoms with Crippen LogP contribution in [-0.2, 0) is 0 Å². The molecule has 2 nitrogen and oxygen atoms in total. The van der Waals surface area contributed by atoms with E-state index in [2.05, 4.69) is 36.8 Å². The first-order valence-electron chi connectivity index (χ1n) is 6.72. The molecule has 2 rings (SSSR count). The molecule has 1 aromatic heterocycles. The fraction of sp³-hybridized carbons (Fsp3) is 0.714. The largest absolute Gasteiger partial charge is 0.271 e. The number of hydrogen-bond acceptors (Lipinski definition) is 3. The highest BCUT2D eigenvalue weighted by Crippen LogP contribution is 2.39. The van der Waals surface area contributed by atoms with Crippen molar-refractivity contribution in [1.82, 2.24) is 5.43 Å². The Labute approximate surface area is 109 Å². The third-order valence-corrected chi connectivity index (χ3v) is 5.22. The Hall–Kier alpha value is -0.380. The van der Waals surface area contributed by atoms with Crippen LogP contribution in [0.1, 0.15) is 50.4 Å². The van der Waals surface area contributed by atoms with Crippen LogP contribution in [0.15, 0.2) is 17.5 Å². The van der Waals surface area contributed by atoms with Crippen molar-refractivity contribution in [1.29, 1.82) is 0 Å². The highest BCUT2D eigenvalue weighted by Gasteiger charge is 2.29. The lowest BCUT2D eigenvalue weighted by atomic mass is 9.74. The summed E-state index contributed by atoms with van der Waals surface area (Å²) in [6, 6.07) is 4.68. The summed E-state index contributed by atoms with van der Waals surface area (Å²) < 4.78 is 0. The smallest absolute Gasteiger partial charge is 0.0581 e. The molecular weight excluding hydrogens is 228 g/mol. The van der Waals surface area contributed by atoms with Crippen LogP contribution in [0.4, 0.5) is 0 Å². The quantitative estimate of drug-likeness (QED) is 0.633. The zero-order valence-electron chi connectivity index (χ0n) is 10.9. The molecule has 1 fully saturated rings. The highest BCUT2D eigenvalue weighted by atomic mass is 32.1. The molecule has 1 aliphatic carbocycles. The van der Waals surface area contributed by atoms with E-state index in [0.717, 1.165) is 11.8 Å². The molecule has 1 heterocycles. The average molecular weight is 252 g/mol. The minimum absolute atomic E-state index is 0.364. The highest BCUT2D eigenvalue weighted by molar-refractivity contribution is 7.10. The van der Waals surface area contributed by atoms with Crippen molar-refractivity contribution in [2.75, 3.05) is 0 Å². The number of rotatable bonds is 4. The fourth-order valence-corrected chi connectivity index (χ4v) is 3.94. The molecule has 0 aliphatic heterocycles. The van der Waals surface area contributed by atoms with E-state index in [1.165, 1.54) is 30.6 Å². The van der Waals surface area contributed by atoms with E-state index in [-0.39, 0.29) is 0 Å². The van der Waals surface area contributed by atoms with Crippen LogP contribution >= 0.6 is 11.3 Å². The van der Waals surface area contributed by atoms with Gasteiger partial charge in [0.25, 0.3) is 0 Å². The fourth-order valence-electron chi connectivity index (χ4n) is 3.06. The normalized spacial score (nSPS) is 27.3. The molecule has 0 amide bonds. The molecule has 0 aromatic carbocycles. The second-order valence-corrected chi connectivity index (χ2v) is 6.56. The lowest BCUT2D eigenvalue weighted by molar-refractivity contribution is 0.190. The Morgan fingerprint density at radius 1 is 1.24 bits per heavy atom. The molecule has 96 valence electrons. The van der Waals surface area contributed by atoms with E-state index in [4.69, 9.17) is 5.84 Å². The molecule has 17 heavy (non-hydrogen) atoms. The van der Waals surface area contributed by atoms with Gasteiger partial charge in [-0.15, -0.1) is 11.3 Å². The molecule has 0 radical (unpaired) electrons. The Balaban J connectivity index is 1.95.